The fourth-order valence-corrected chi connectivity index (χ4v) is 2.19. The fourth-order valence-electron chi connectivity index (χ4n) is 2.19. The van der Waals surface area contributed by atoms with Gasteiger partial charge >= 0.3 is 0 Å². The second kappa shape index (κ2) is 4.88. The largest absolute Gasteiger partial charge is 0.347 e. The summed E-state index contributed by atoms with van der Waals surface area (Å²) in [5, 5.41) is 1.02. The van der Waals surface area contributed by atoms with E-state index in [2.05, 4.69) is 17.7 Å². The van der Waals surface area contributed by atoms with Crippen molar-refractivity contribution in [3.05, 3.63) is 35.8 Å². The first kappa shape index (κ1) is 12.1. The van der Waals surface area contributed by atoms with Gasteiger partial charge in [0.25, 0.3) is 0 Å². The van der Waals surface area contributed by atoms with Gasteiger partial charge in [0, 0.05) is 29.7 Å². The van der Waals surface area contributed by atoms with E-state index in [0.29, 0.717) is 0 Å². The van der Waals surface area contributed by atoms with Gasteiger partial charge in [0.2, 0.25) is 0 Å². The molecule has 1 atom stereocenters. The van der Waals surface area contributed by atoms with Crippen molar-refractivity contribution < 1.29 is 4.39 Å². The maximum Gasteiger partial charge on any atom is 0.123 e. The van der Waals surface area contributed by atoms with E-state index in [9.17, 15) is 4.39 Å². The third kappa shape index (κ3) is 2.50. The molecule has 92 valence electrons. The molecule has 3 heteroatoms. The summed E-state index contributed by atoms with van der Waals surface area (Å²) in [6, 6.07) is 5.18. The van der Waals surface area contributed by atoms with Crippen molar-refractivity contribution in [2.45, 2.75) is 39.3 Å². The minimum Gasteiger partial charge on any atom is -0.347 e. The van der Waals surface area contributed by atoms with Gasteiger partial charge in [-0.3, -0.25) is 0 Å². The van der Waals surface area contributed by atoms with Crippen molar-refractivity contribution in [3.63, 3.8) is 0 Å². The highest BCUT2D eigenvalue weighted by Gasteiger charge is 2.09. The normalized spacial score (nSPS) is 13.2. The van der Waals surface area contributed by atoms with E-state index >= 15 is 0 Å². The molecule has 0 amide bonds. The molecule has 2 rings (SSSR count). The maximum absolute atomic E-state index is 13.3. The zero-order valence-electron chi connectivity index (χ0n) is 10.4. The molecule has 1 heterocycles. The molecule has 0 saturated carbocycles. The van der Waals surface area contributed by atoms with Crippen molar-refractivity contribution in [2.24, 2.45) is 5.73 Å². The second-order valence-corrected chi connectivity index (χ2v) is 4.62. The molecule has 0 aliphatic rings. The number of nitrogens with two attached hydrogens (primary N) is 1. The molecule has 1 aromatic heterocycles. The Morgan fingerprint density at radius 1 is 1.41 bits per heavy atom. The van der Waals surface area contributed by atoms with E-state index in [1.165, 1.54) is 11.6 Å². The Bertz CT molecular complexity index is 514. The van der Waals surface area contributed by atoms with Crippen LogP contribution in [0.1, 0.15) is 25.8 Å². The summed E-state index contributed by atoms with van der Waals surface area (Å²) >= 11 is 0. The summed E-state index contributed by atoms with van der Waals surface area (Å²) in [6.45, 7) is 5.00. The van der Waals surface area contributed by atoms with E-state index in [1.54, 1.807) is 6.07 Å². The van der Waals surface area contributed by atoms with Crippen LogP contribution in [0, 0.1) is 5.82 Å². The predicted octanol–water partition coefficient (Wildman–Crippen LogP) is 3.08. The first-order valence-electron chi connectivity index (χ1n) is 6.14. The molecule has 0 bridgehead atoms. The number of aryl methyl sites for hydroxylation is 2. The summed E-state index contributed by atoms with van der Waals surface area (Å²) in [7, 11) is 0. The summed E-state index contributed by atoms with van der Waals surface area (Å²) in [5.41, 5.74) is 8.07. The molecule has 2 aromatic rings. The van der Waals surface area contributed by atoms with Crippen molar-refractivity contribution >= 4 is 10.9 Å². The van der Waals surface area contributed by atoms with Crippen LogP contribution in [-0.4, -0.2) is 10.6 Å². The minimum atomic E-state index is -0.173. The van der Waals surface area contributed by atoms with E-state index in [1.807, 2.05) is 13.0 Å². The van der Waals surface area contributed by atoms with Gasteiger partial charge in [-0.2, -0.15) is 0 Å². The van der Waals surface area contributed by atoms with Crippen molar-refractivity contribution in [3.8, 4) is 0 Å². The highest BCUT2D eigenvalue weighted by atomic mass is 19.1. The molecule has 0 unspecified atom stereocenters. The van der Waals surface area contributed by atoms with Crippen LogP contribution in [0.5, 0.6) is 0 Å². The molecule has 0 saturated heterocycles. The molecule has 1 aromatic carbocycles. The van der Waals surface area contributed by atoms with E-state index in [0.717, 1.165) is 30.3 Å². The molecule has 17 heavy (non-hydrogen) atoms. The van der Waals surface area contributed by atoms with E-state index in [-0.39, 0.29) is 11.9 Å². The monoisotopic (exact) mass is 234 g/mol. The lowest BCUT2D eigenvalue weighted by Crippen LogP contribution is -2.15. The van der Waals surface area contributed by atoms with Gasteiger partial charge in [-0.15, -0.1) is 0 Å². The zero-order chi connectivity index (χ0) is 12.4. The van der Waals surface area contributed by atoms with Crippen LogP contribution in [0.2, 0.25) is 0 Å². The zero-order valence-corrected chi connectivity index (χ0v) is 10.4. The van der Waals surface area contributed by atoms with Crippen molar-refractivity contribution in [2.75, 3.05) is 0 Å². The minimum absolute atomic E-state index is 0.173. The van der Waals surface area contributed by atoms with E-state index in [4.69, 9.17) is 5.73 Å². The van der Waals surface area contributed by atoms with Crippen LogP contribution in [-0.2, 0) is 13.0 Å². The van der Waals surface area contributed by atoms with Gasteiger partial charge in [0.15, 0.2) is 0 Å². The number of hydrogen-bond donors (Lipinski definition) is 1. The quantitative estimate of drug-likeness (QED) is 0.866. The molecule has 0 fully saturated rings. The number of fused-ring (bicyclic) bond motifs is 1. The molecular formula is C14H19FN2. The van der Waals surface area contributed by atoms with Crippen LogP contribution in [0.4, 0.5) is 4.39 Å². The highest BCUT2D eigenvalue weighted by molar-refractivity contribution is 5.84. The van der Waals surface area contributed by atoms with Crippen LogP contribution in [0.3, 0.4) is 0 Å². The summed E-state index contributed by atoms with van der Waals surface area (Å²) in [5.74, 6) is -0.173. The average Bonchev–Trinajstić information content (AvgIpc) is 2.63. The molecule has 2 nitrogen and oxygen atoms in total. The number of halogens is 1. The fraction of sp³-hybridized carbons (Fsp3) is 0.429. The Morgan fingerprint density at radius 2 is 2.18 bits per heavy atom. The van der Waals surface area contributed by atoms with Gasteiger partial charge in [0.1, 0.15) is 5.82 Å². The number of rotatable bonds is 4. The highest BCUT2D eigenvalue weighted by Crippen LogP contribution is 2.24. The lowest BCUT2D eigenvalue weighted by molar-refractivity contribution is 0.629. The molecule has 2 N–H and O–H groups in total. The Hall–Kier alpha value is -1.35. The molecule has 0 aliphatic heterocycles. The Labute approximate surface area is 101 Å². The number of hydrogen-bond acceptors (Lipinski definition) is 1. The van der Waals surface area contributed by atoms with Crippen LogP contribution in [0.15, 0.2) is 24.4 Å². The number of nitrogens with zero attached hydrogens (tertiary/aromatic N) is 1. The molecule has 0 aliphatic carbocycles. The number of aromatic nitrogens is 1. The van der Waals surface area contributed by atoms with Gasteiger partial charge in [-0.25, -0.2) is 4.39 Å². The van der Waals surface area contributed by atoms with Crippen LogP contribution < -0.4 is 5.73 Å². The predicted molar refractivity (Wildman–Crippen MR) is 69.5 cm³/mol. The Balaban J connectivity index is 2.43. The van der Waals surface area contributed by atoms with Crippen LogP contribution >= 0.6 is 0 Å². The maximum atomic E-state index is 13.3. The molecular weight excluding hydrogens is 215 g/mol. The average molecular weight is 234 g/mol. The van der Waals surface area contributed by atoms with E-state index < -0.39 is 0 Å². The second-order valence-electron chi connectivity index (χ2n) is 4.62. The summed E-state index contributed by atoms with van der Waals surface area (Å²) < 4.78 is 15.5. The topological polar surface area (TPSA) is 30.9 Å². The smallest absolute Gasteiger partial charge is 0.123 e. The molecule has 0 spiro atoms. The first-order valence-corrected chi connectivity index (χ1v) is 6.14. The third-order valence-corrected chi connectivity index (χ3v) is 3.14. The SMILES string of the molecule is CCn1cc(CC[C@H](C)N)c2cc(F)ccc21. The van der Waals surface area contributed by atoms with Crippen LogP contribution in [0.25, 0.3) is 10.9 Å². The molecule has 0 radical (unpaired) electrons. The number of benzene rings is 1. The lowest BCUT2D eigenvalue weighted by Gasteiger charge is -2.03. The standard InChI is InChI=1S/C14H19FN2/c1-3-17-9-11(5-4-10(2)16)13-8-12(15)6-7-14(13)17/h6-10H,3-5,16H2,1-2H3/t10-/m0/s1. The van der Waals surface area contributed by atoms with Gasteiger partial charge in [-0.1, -0.05) is 0 Å². The van der Waals surface area contributed by atoms with Gasteiger partial charge < -0.3 is 10.3 Å². The van der Waals surface area contributed by atoms with Crippen molar-refractivity contribution in [1.82, 2.24) is 4.57 Å². The summed E-state index contributed by atoms with van der Waals surface area (Å²) in [4.78, 5) is 0. The van der Waals surface area contributed by atoms with Gasteiger partial charge in [0.05, 0.1) is 0 Å². The van der Waals surface area contributed by atoms with Crippen molar-refractivity contribution in [1.29, 1.82) is 0 Å². The lowest BCUT2D eigenvalue weighted by atomic mass is 10.1. The first-order chi connectivity index (χ1) is 8.11. The Morgan fingerprint density at radius 3 is 2.82 bits per heavy atom. The summed E-state index contributed by atoms with van der Waals surface area (Å²) in [6.07, 6.45) is 3.95. The third-order valence-electron chi connectivity index (χ3n) is 3.14. The van der Waals surface area contributed by atoms with Gasteiger partial charge in [-0.05, 0) is 50.5 Å². The Kier molecular flexibility index (Phi) is 3.48.